The molecule has 1 fully saturated rings. The van der Waals surface area contributed by atoms with Gasteiger partial charge in [0, 0.05) is 5.56 Å². The highest BCUT2D eigenvalue weighted by Crippen LogP contribution is 2.37. The minimum Gasteiger partial charge on any atom is -0.487 e. The molecule has 4 rings (SSSR count). The molecule has 0 bridgehead atoms. The topological polar surface area (TPSA) is 91.8 Å². The molecule has 0 aliphatic heterocycles. The number of primary amides is 1. The Bertz CT molecular complexity index is 1070. The van der Waals surface area contributed by atoms with Crippen LogP contribution in [0.1, 0.15) is 25.7 Å². The smallest absolute Gasteiger partial charge is 0.343 e. The average Bonchev–Trinajstić information content (AvgIpc) is 3.21. The van der Waals surface area contributed by atoms with E-state index >= 15 is 0 Å². The molecular formula is C22H21NO5. The van der Waals surface area contributed by atoms with Crippen molar-refractivity contribution >= 4 is 16.7 Å². The summed E-state index contributed by atoms with van der Waals surface area (Å²) in [4.78, 5) is 23.2. The van der Waals surface area contributed by atoms with Gasteiger partial charge in [0.2, 0.25) is 0 Å². The number of nitrogens with two attached hydrogens (primary N) is 1. The van der Waals surface area contributed by atoms with Crippen LogP contribution in [0, 0.1) is 0 Å². The largest absolute Gasteiger partial charge is 0.487 e. The van der Waals surface area contributed by atoms with Gasteiger partial charge in [-0.05, 0) is 54.8 Å². The molecule has 1 aliphatic carbocycles. The maximum atomic E-state index is 12.0. The minimum absolute atomic E-state index is 0.150. The number of carbonyl (C=O) groups excluding carboxylic acids is 1. The van der Waals surface area contributed by atoms with Crippen LogP contribution in [0.25, 0.3) is 21.9 Å². The Morgan fingerprint density at radius 3 is 2.57 bits per heavy atom. The second-order valence-corrected chi connectivity index (χ2v) is 6.92. The summed E-state index contributed by atoms with van der Waals surface area (Å²) in [5.74, 6) is 0.463. The highest BCUT2D eigenvalue weighted by Gasteiger charge is 2.20. The van der Waals surface area contributed by atoms with Crippen molar-refractivity contribution in [2.45, 2.75) is 31.8 Å². The molecule has 28 heavy (non-hydrogen) atoms. The van der Waals surface area contributed by atoms with E-state index in [2.05, 4.69) is 0 Å². The van der Waals surface area contributed by atoms with Crippen LogP contribution in [-0.4, -0.2) is 18.6 Å². The monoisotopic (exact) mass is 379 g/mol. The minimum atomic E-state index is -0.562. The number of hydrogen-bond acceptors (Lipinski definition) is 5. The van der Waals surface area contributed by atoms with E-state index in [1.54, 1.807) is 18.2 Å². The molecule has 144 valence electrons. The summed E-state index contributed by atoms with van der Waals surface area (Å²) >= 11 is 0. The zero-order valence-corrected chi connectivity index (χ0v) is 15.4. The first-order valence-electron chi connectivity index (χ1n) is 9.34. The molecule has 0 atom stereocenters. The number of hydrogen-bond donors (Lipinski definition) is 1. The van der Waals surface area contributed by atoms with Crippen molar-refractivity contribution < 1.29 is 18.7 Å². The van der Waals surface area contributed by atoms with E-state index in [4.69, 9.17) is 19.6 Å². The summed E-state index contributed by atoms with van der Waals surface area (Å²) in [7, 11) is 0. The number of rotatable bonds is 6. The van der Waals surface area contributed by atoms with E-state index in [0.717, 1.165) is 42.2 Å². The van der Waals surface area contributed by atoms with E-state index in [1.165, 1.54) is 6.26 Å². The van der Waals surface area contributed by atoms with E-state index in [1.807, 2.05) is 24.3 Å². The molecule has 3 aromatic rings. The second kappa shape index (κ2) is 7.76. The molecule has 6 nitrogen and oxygen atoms in total. The van der Waals surface area contributed by atoms with Crippen molar-refractivity contribution in [2.75, 3.05) is 6.61 Å². The maximum absolute atomic E-state index is 12.0. The predicted octanol–water partition coefficient (Wildman–Crippen LogP) is 3.65. The molecule has 0 radical (unpaired) electrons. The Balaban J connectivity index is 1.75. The number of fused-ring (bicyclic) bond motifs is 1. The van der Waals surface area contributed by atoms with Gasteiger partial charge >= 0.3 is 5.63 Å². The van der Waals surface area contributed by atoms with Gasteiger partial charge < -0.3 is 19.6 Å². The molecule has 0 spiro atoms. The highest BCUT2D eigenvalue weighted by molar-refractivity contribution is 5.95. The number of carbonyl (C=O) groups is 1. The Hall–Kier alpha value is -3.28. The average molecular weight is 379 g/mol. The molecule has 2 aromatic carbocycles. The van der Waals surface area contributed by atoms with Crippen LogP contribution in [0.15, 0.2) is 57.9 Å². The van der Waals surface area contributed by atoms with E-state index in [-0.39, 0.29) is 18.3 Å². The fourth-order valence-corrected chi connectivity index (χ4v) is 3.58. The summed E-state index contributed by atoms with van der Waals surface area (Å²) in [5, 5.41) is 1.29. The standard InChI is InChI=1S/C22H21NO5/c23-21(24)13-26-20-11-14(9-10-19(20)28-15-5-1-2-6-15)18-12-27-22(25)17-8-4-3-7-16(17)18/h3-4,7-12,15H,1-2,5-6,13H2,(H2,23,24). The van der Waals surface area contributed by atoms with Crippen LogP contribution in [0.5, 0.6) is 11.5 Å². The molecule has 2 N–H and O–H groups in total. The Morgan fingerprint density at radius 1 is 1.07 bits per heavy atom. The van der Waals surface area contributed by atoms with Gasteiger partial charge in [0.1, 0.15) is 6.26 Å². The Morgan fingerprint density at radius 2 is 1.82 bits per heavy atom. The Labute approximate surface area is 161 Å². The maximum Gasteiger partial charge on any atom is 0.343 e. The fourth-order valence-electron chi connectivity index (χ4n) is 3.58. The zero-order chi connectivity index (χ0) is 19.5. The third-order valence-electron chi connectivity index (χ3n) is 4.94. The molecule has 1 heterocycles. The highest BCUT2D eigenvalue weighted by atomic mass is 16.5. The summed E-state index contributed by atoms with van der Waals surface area (Å²) in [6.07, 6.45) is 5.90. The molecule has 0 saturated heterocycles. The summed E-state index contributed by atoms with van der Waals surface area (Å²) in [6, 6.07) is 12.8. The SMILES string of the molecule is NC(=O)COc1cc(-c2coc(=O)c3ccccc23)ccc1OC1CCCC1. The van der Waals surface area contributed by atoms with Crippen LogP contribution in [-0.2, 0) is 4.79 Å². The molecule has 1 aliphatic rings. The van der Waals surface area contributed by atoms with Crippen molar-refractivity contribution in [3.63, 3.8) is 0 Å². The van der Waals surface area contributed by atoms with Gasteiger partial charge in [-0.1, -0.05) is 24.3 Å². The molecule has 1 aromatic heterocycles. The van der Waals surface area contributed by atoms with Gasteiger partial charge in [-0.3, -0.25) is 4.79 Å². The molecule has 1 amide bonds. The van der Waals surface area contributed by atoms with E-state index < -0.39 is 5.91 Å². The van der Waals surface area contributed by atoms with Gasteiger partial charge in [-0.2, -0.15) is 0 Å². The van der Waals surface area contributed by atoms with Gasteiger partial charge in [0.25, 0.3) is 5.91 Å². The molecular weight excluding hydrogens is 358 g/mol. The van der Waals surface area contributed by atoms with Gasteiger partial charge in [-0.25, -0.2) is 4.79 Å². The zero-order valence-electron chi connectivity index (χ0n) is 15.4. The normalized spacial score (nSPS) is 14.3. The van der Waals surface area contributed by atoms with Crippen LogP contribution in [0.3, 0.4) is 0 Å². The third kappa shape index (κ3) is 3.71. The van der Waals surface area contributed by atoms with Crippen LogP contribution in [0.4, 0.5) is 0 Å². The summed E-state index contributed by atoms with van der Waals surface area (Å²) in [5.41, 5.74) is 6.40. The van der Waals surface area contributed by atoms with E-state index in [9.17, 15) is 9.59 Å². The number of amides is 1. The second-order valence-electron chi connectivity index (χ2n) is 6.92. The number of benzene rings is 2. The predicted molar refractivity (Wildman–Crippen MR) is 105 cm³/mol. The fraction of sp³-hybridized carbons (Fsp3) is 0.273. The first kappa shape index (κ1) is 18.1. The van der Waals surface area contributed by atoms with Crippen molar-refractivity contribution in [3.05, 3.63) is 59.1 Å². The quantitative estimate of drug-likeness (QED) is 0.706. The first-order chi connectivity index (χ1) is 13.6. The van der Waals surface area contributed by atoms with E-state index in [0.29, 0.717) is 16.9 Å². The molecule has 0 unspecified atom stereocenters. The number of ether oxygens (including phenoxy) is 2. The lowest BCUT2D eigenvalue weighted by molar-refractivity contribution is -0.119. The van der Waals surface area contributed by atoms with Crippen molar-refractivity contribution in [3.8, 4) is 22.6 Å². The molecule has 6 heteroatoms. The van der Waals surface area contributed by atoms with Crippen LogP contribution in [0.2, 0.25) is 0 Å². The van der Waals surface area contributed by atoms with Gasteiger partial charge in [-0.15, -0.1) is 0 Å². The lowest BCUT2D eigenvalue weighted by Gasteiger charge is -2.17. The first-order valence-corrected chi connectivity index (χ1v) is 9.34. The lowest BCUT2D eigenvalue weighted by atomic mass is 10.0. The third-order valence-corrected chi connectivity index (χ3v) is 4.94. The van der Waals surface area contributed by atoms with Crippen LogP contribution >= 0.6 is 0 Å². The van der Waals surface area contributed by atoms with Crippen molar-refractivity contribution in [1.82, 2.24) is 0 Å². The van der Waals surface area contributed by atoms with Crippen molar-refractivity contribution in [2.24, 2.45) is 5.73 Å². The van der Waals surface area contributed by atoms with Crippen molar-refractivity contribution in [1.29, 1.82) is 0 Å². The molecule has 1 saturated carbocycles. The Kier molecular flexibility index (Phi) is 5.02. The van der Waals surface area contributed by atoms with Crippen LogP contribution < -0.4 is 20.8 Å². The van der Waals surface area contributed by atoms with Gasteiger partial charge in [0.05, 0.1) is 11.5 Å². The summed E-state index contributed by atoms with van der Waals surface area (Å²) in [6.45, 7) is -0.241. The van der Waals surface area contributed by atoms with Gasteiger partial charge in [0.15, 0.2) is 18.1 Å². The lowest BCUT2D eigenvalue weighted by Crippen LogP contribution is -2.20. The summed E-state index contributed by atoms with van der Waals surface area (Å²) < 4.78 is 16.9.